The Morgan fingerprint density at radius 1 is 1.50 bits per heavy atom. The van der Waals surface area contributed by atoms with Gasteiger partial charge in [0.25, 0.3) is 5.91 Å². The van der Waals surface area contributed by atoms with Gasteiger partial charge in [-0.25, -0.2) is 0 Å². The van der Waals surface area contributed by atoms with Crippen LogP contribution in [0.25, 0.3) is 0 Å². The van der Waals surface area contributed by atoms with Crippen LogP contribution in [0.5, 0.6) is 0 Å². The van der Waals surface area contributed by atoms with Gasteiger partial charge in [-0.15, -0.1) is 0 Å². The van der Waals surface area contributed by atoms with Gasteiger partial charge in [-0.05, 0) is 24.1 Å². The van der Waals surface area contributed by atoms with Gasteiger partial charge in [-0.3, -0.25) is 4.79 Å². The predicted molar refractivity (Wildman–Crippen MR) is 67.9 cm³/mol. The van der Waals surface area contributed by atoms with Crippen LogP contribution in [0.3, 0.4) is 0 Å². The number of hydrogen-bond donors (Lipinski definition) is 3. The molecule has 96 valence electrons. The van der Waals surface area contributed by atoms with E-state index in [1.165, 1.54) is 0 Å². The smallest absolute Gasteiger partial charge is 0.252 e. The van der Waals surface area contributed by atoms with Gasteiger partial charge in [-0.1, -0.05) is 12.1 Å². The molecule has 0 unspecified atom stereocenters. The molecule has 0 bridgehead atoms. The van der Waals surface area contributed by atoms with E-state index in [4.69, 9.17) is 10.4 Å². The Morgan fingerprint density at radius 2 is 2.28 bits per heavy atom. The van der Waals surface area contributed by atoms with Gasteiger partial charge in [0.05, 0.1) is 12.7 Å². The molecule has 5 nitrogen and oxygen atoms in total. The van der Waals surface area contributed by atoms with Crippen molar-refractivity contribution in [2.24, 2.45) is 0 Å². The van der Waals surface area contributed by atoms with Crippen LogP contribution in [0, 0.1) is 18.3 Å². The van der Waals surface area contributed by atoms with Gasteiger partial charge in [0.1, 0.15) is 6.54 Å². The van der Waals surface area contributed by atoms with Crippen molar-refractivity contribution in [2.45, 2.75) is 13.5 Å². The Hall–Kier alpha value is -1.90. The number of aliphatic hydroxyl groups is 1. The highest BCUT2D eigenvalue weighted by atomic mass is 16.3. The summed E-state index contributed by atoms with van der Waals surface area (Å²) in [5.74, 6) is -0.238. The lowest BCUT2D eigenvalue weighted by Gasteiger charge is -2.09. The minimum atomic E-state index is -0.238. The SMILES string of the molecule is Cc1ccc(CNCCO)cc1C(=O)NCC#N. The number of hydrogen-bond acceptors (Lipinski definition) is 4. The van der Waals surface area contributed by atoms with Crippen molar-refractivity contribution in [2.75, 3.05) is 19.7 Å². The summed E-state index contributed by atoms with van der Waals surface area (Å²) in [5, 5.41) is 22.7. The van der Waals surface area contributed by atoms with E-state index < -0.39 is 0 Å². The number of nitrogens with zero attached hydrogens (tertiary/aromatic N) is 1. The first-order valence-electron chi connectivity index (χ1n) is 5.75. The highest BCUT2D eigenvalue weighted by Crippen LogP contribution is 2.11. The second kappa shape index (κ2) is 7.43. The topological polar surface area (TPSA) is 85.2 Å². The summed E-state index contributed by atoms with van der Waals surface area (Å²) in [6.07, 6.45) is 0. The Balaban J connectivity index is 2.74. The minimum Gasteiger partial charge on any atom is -0.395 e. The molecule has 1 aromatic rings. The van der Waals surface area contributed by atoms with Gasteiger partial charge in [0.15, 0.2) is 0 Å². The second-order valence-corrected chi connectivity index (χ2v) is 3.89. The first kappa shape index (κ1) is 14.2. The maximum atomic E-state index is 11.8. The van der Waals surface area contributed by atoms with Gasteiger partial charge in [0, 0.05) is 18.7 Å². The maximum Gasteiger partial charge on any atom is 0.252 e. The third kappa shape index (κ3) is 4.17. The predicted octanol–water partition coefficient (Wildman–Crippen LogP) is 0.330. The Bertz CT molecular complexity index is 452. The molecule has 0 aliphatic carbocycles. The van der Waals surface area contributed by atoms with Gasteiger partial charge < -0.3 is 15.7 Å². The van der Waals surface area contributed by atoms with E-state index in [-0.39, 0.29) is 19.1 Å². The Kier molecular flexibility index (Phi) is 5.85. The van der Waals surface area contributed by atoms with Crippen molar-refractivity contribution >= 4 is 5.91 Å². The fourth-order valence-electron chi connectivity index (χ4n) is 1.55. The number of carbonyl (C=O) groups is 1. The molecule has 0 radical (unpaired) electrons. The lowest BCUT2D eigenvalue weighted by molar-refractivity contribution is 0.0958. The molecule has 0 saturated heterocycles. The highest BCUT2D eigenvalue weighted by molar-refractivity contribution is 5.95. The van der Waals surface area contributed by atoms with Crippen LogP contribution >= 0.6 is 0 Å². The van der Waals surface area contributed by atoms with E-state index in [2.05, 4.69) is 10.6 Å². The van der Waals surface area contributed by atoms with Crippen LogP contribution in [0.4, 0.5) is 0 Å². The molecule has 0 spiro atoms. The van der Waals surface area contributed by atoms with E-state index in [1.807, 2.05) is 25.1 Å². The van der Waals surface area contributed by atoms with Crippen LogP contribution in [0.15, 0.2) is 18.2 Å². The largest absolute Gasteiger partial charge is 0.395 e. The summed E-state index contributed by atoms with van der Waals surface area (Å²) in [5.41, 5.74) is 2.42. The van der Waals surface area contributed by atoms with Crippen molar-refractivity contribution in [1.29, 1.82) is 5.26 Å². The quantitative estimate of drug-likeness (QED) is 0.499. The number of rotatable bonds is 6. The number of nitriles is 1. The van der Waals surface area contributed by atoms with Crippen molar-refractivity contribution in [3.63, 3.8) is 0 Å². The standard InChI is InChI=1S/C13H17N3O2/c1-10-2-3-11(9-15-6-7-17)8-12(10)13(18)16-5-4-14/h2-3,8,15,17H,5-7,9H2,1H3,(H,16,18). The molecule has 3 N–H and O–H groups in total. The van der Waals surface area contributed by atoms with Gasteiger partial charge >= 0.3 is 0 Å². The molecule has 0 atom stereocenters. The third-order valence-corrected chi connectivity index (χ3v) is 2.49. The van der Waals surface area contributed by atoms with E-state index in [0.717, 1.165) is 11.1 Å². The lowest BCUT2D eigenvalue weighted by atomic mass is 10.0. The van der Waals surface area contributed by atoms with Crippen molar-refractivity contribution < 1.29 is 9.90 Å². The molecule has 5 heteroatoms. The molecule has 1 aromatic carbocycles. The highest BCUT2D eigenvalue weighted by Gasteiger charge is 2.09. The molecular weight excluding hydrogens is 230 g/mol. The van der Waals surface area contributed by atoms with Gasteiger partial charge in [-0.2, -0.15) is 5.26 Å². The van der Waals surface area contributed by atoms with Crippen LogP contribution in [0.1, 0.15) is 21.5 Å². The average Bonchev–Trinajstić information content (AvgIpc) is 2.38. The average molecular weight is 247 g/mol. The first-order valence-corrected chi connectivity index (χ1v) is 5.75. The molecule has 1 amide bonds. The number of amides is 1. The van der Waals surface area contributed by atoms with Crippen molar-refractivity contribution in [3.8, 4) is 6.07 Å². The second-order valence-electron chi connectivity index (χ2n) is 3.89. The third-order valence-electron chi connectivity index (χ3n) is 2.49. The molecule has 0 aliphatic rings. The molecular formula is C13H17N3O2. The molecule has 0 aliphatic heterocycles. The number of nitrogens with one attached hydrogen (secondary N) is 2. The number of benzene rings is 1. The maximum absolute atomic E-state index is 11.8. The van der Waals surface area contributed by atoms with Crippen molar-refractivity contribution in [3.05, 3.63) is 34.9 Å². The summed E-state index contributed by atoms with van der Waals surface area (Å²) >= 11 is 0. The minimum absolute atomic E-state index is 0.00522. The fraction of sp³-hybridized carbons (Fsp3) is 0.385. The summed E-state index contributed by atoms with van der Waals surface area (Å²) in [6, 6.07) is 7.47. The lowest BCUT2D eigenvalue weighted by Crippen LogP contribution is -2.25. The van der Waals surface area contributed by atoms with Crippen LogP contribution in [-0.2, 0) is 6.54 Å². The van der Waals surface area contributed by atoms with Crippen LogP contribution in [0.2, 0.25) is 0 Å². The molecule has 0 saturated carbocycles. The Labute approximate surface area is 106 Å². The molecule has 18 heavy (non-hydrogen) atoms. The van der Waals surface area contributed by atoms with E-state index in [0.29, 0.717) is 18.7 Å². The number of carbonyl (C=O) groups excluding carboxylic acids is 1. The van der Waals surface area contributed by atoms with Crippen LogP contribution < -0.4 is 10.6 Å². The van der Waals surface area contributed by atoms with Crippen molar-refractivity contribution in [1.82, 2.24) is 10.6 Å². The van der Waals surface area contributed by atoms with E-state index in [9.17, 15) is 4.79 Å². The summed E-state index contributed by atoms with van der Waals surface area (Å²) < 4.78 is 0. The zero-order valence-electron chi connectivity index (χ0n) is 10.4. The summed E-state index contributed by atoms with van der Waals surface area (Å²) in [4.78, 5) is 11.8. The molecule has 0 heterocycles. The molecule has 1 rings (SSSR count). The van der Waals surface area contributed by atoms with Gasteiger partial charge in [0.2, 0.25) is 0 Å². The number of aryl methyl sites for hydroxylation is 1. The molecule has 0 fully saturated rings. The first-order chi connectivity index (χ1) is 8.69. The van der Waals surface area contributed by atoms with E-state index in [1.54, 1.807) is 6.07 Å². The summed E-state index contributed by atoms with van der Waals surface area (Å²) in [7, 11) is 0. The van der Waals surface area contributed by atoms with E-state index >= 15 is 0 Å². The summed E-state index contributed by atoms with van der Waals surface area (Å²) in [6.45, 7) is 3.06. The fourth-order valence-corrected chi connectivity index (χ4v) is 1.55. The van der Waals surface area contributed by atoms with Crippen LogP contribution in [-0.4, -0.2) is 30.7 Å². The monoisotopic (exact) mass is 247 g/mol. The zero-order chi connectivity index (χ0) is 13.4. The molecule has 0 aromatic heterocycles. The number of aliphatic hydroxyl groups excluding tert-OH is 1. The normalized spacial score (nSPS) is 9.83. The zero-order valence-corrected chi connectivity index (χ0v) is 10.4. The Morgan fingerprint density at radius 3 is 2.94 bits per heavy atom.